The maximum atomic E-state index is 13.3. The molecule has 0 aliphatic carbocycles. The second kappa shape index (κ2) is 11.1. The standard InChI is InChI=1S/C22H22Cl2N6O4/c1-3-9-29-18(28-20(32)14-6-8-16(24)26-12-14)17(21(33)30(10-4-2)22(29)34)27-19(31)13-5-7-15(23)25-11-13/h5-8,11-12H,3-4,9-10H2,1-2H3,(H,27,31)(H,28,32). The van der Waals surface area contributed by atoms with E-state index in [9.17, 15) is 19.2 Å². The van der Waals surface area contributed by atoms with Crippen molar-refractivity contribution in [2.24, 2.45) is 0 Å². The molecule has 0 atom stereocenters. The van der Waals surface area contributed by atoms with E-state index in [0.29, 0.717) is 12.8 Å². The van der Waals surface area contributed by atoms with Crippen LogP contribution in [0.3, 0.4) is 0 Å². The molecule has 34 heavy (non-hydrogen) atoms. The zero-order valence-electron chi connectivity index (χ0n) is 18.5. The highest BCUT2D eigenvalue weighted by atomic mass is 35.5. The lowest BCUT2D eigenvalue weighted by atomic mass is 10.2. The lowest BCUT2D eigenvalue weighted by molar-refractivity contribution is 0.101. The van der Waals surface area contributed by atoms with Crippen LogP contribution in [-0.4, -0.2) is 30.9 Å². The van der Waals surface area contributed by atoms with Gasteiger partial charge in [0.25, 0.3) is 17.4 Å². The first-order valence-electron chi connectivity index (χ1n) is 10.5. The van der Waals surface area contributed by atoms with E-state index in [2.05, 4.69) is 20.6 Å². The molecule has 2 amide bonds. The van der Waals surface area contributed by atoms with Crippen LogP contribution in [0.25, 0.3) is 0 Å². The lowest BCUT2D eigenvalue weighted by Crippen LogP contribution is -2.43. The van der Waals surface area contributed by atoms with Crippen LogP contribution in [0.2, 0.25) is 10.3 Å². The molecule has 10 nitrogen and oxygen atoms in total. The van der Waals surface area contributed by atoms with Gasteiger partial charge in [0.05, 0.1) is 11.1 Å². The third-order valence-corrected chi connectivity index (χ3v) is 5.22. The maximum absolute atomic E-state index is 13.3. The SMILES string of the molecule is CCCn1c(NC(=O)c2ccc(Cl)nc2)c(NC(=O)c2ccc(Cl)nc2)c(=O)n(CCC)c1=O. The van der Waals surface area contributed by atoms with Gasteiger partial charge in [0.1, 0.15) is 21.8 Å². The molecule has 0 aliphatic rings. The summed E-state index contributed by atoms with van der Waals surface area (Å²) >= 11 is 11.6. The van der Waals surface area contributed by atoms with Gasteiger partial charge in [-0.1, -0.05) is 37.0 Å². The van der Waals surface area contributed by atoms with E-state index in [4.69, 9.17) is 23.2 Å². The highest BCUT2D eigenvalue weighted by Crippen LogP contribution is 2.19. The highest BCUT2D eigenvalue weighted by molar-refractivity contribution is 6.29. The Morgan fingerprint density at radius 2 is 1.32 bits per heavy atom. The summed E-state index contributed by atoms with van der Waals surface area (Å²) in [7, 11) is 0. The normalized spacial score (nSPS) is 10.7. The summed E-state index contributed by atoms with van der Waals surface area (Å²) in [6.07, 6.45) is 3.56. The van der Waals surface area contributed by atoms with Crippen molar-refractivity contribution in [2.45, 2.75) is 39.8 Å². The van der Waals surface area contributed by atoms with Gasteiger partial charge in [-0.15, -0.1) is 0 Å². The minimum absolute atomic E-state index is 0.126. The smallest absolute Gasteiger partial charge is 0.314 e. The molecule has 12 heteroatoms. The van der Waals surface area contributed by atoms with Gasteiger partial charge in [0, 0.05) is 25.5 Å². The number of carbonyl (C=O) groups is 2. The first-order valence-corrected chi connectivity index (χ1v) is 11.3. The van der Waals surface area contributed by atoms with Gasteiger partial charge in [0.2, 0.25) is 0 Å². The van der Waals surface area contributed by atoms with Crippen LogP contribution in [0, 0.1) is 0 Å². The number of pyridine rings is 2. The van der Waals surface area contributed by atoms with Crippen molar-refractivity contribution in [1.82, 2.24) is 19.1 Å². The van der Waals surface area contributed by atoms with Crippen molar-refractivity contribution in [3.63, 3.8) is 0 Å². The number of hydrogen-bond acceptors (Lipinski definition) is 6. The van der Waals surface area contributed by atoms with Gasteiger partial charge in [-0.3, -0.25) is 23.5 Å². The summed E-state index contributed by atoms with van der Waals surface area (Å²) in [5.41, 5.74) is -1.28. The first kappa shape index (κ1) is 25.1. The van der Waals surface area contributed by atoms with Gasteiger partial charge in [-0.25, -0.2) is 14.8 Å². The molecule has 0 saturated carbocycles. The Morgan fingerprint density at radius 1 is 0.824 bits per heavy atom. The van der Waals surface area contributed by atoms with Crippen molar-refractivity contribution in [1.29, 1.82) is 0 Å². The van der Waals surface area contributed by atoms with Gasteiger partial charge in [-0.05, 0) is 37.1 Å². The van der Waals surface area contributed by atoms with Gasteiger partial charge < -0.3 is 10.6 Å². The molecule has 0 radical (unpaired) electrons. The Labute approximate surface area is 204 Å². The Morgan fingerprint density at radius 3 is 1.79 bits per heavy atom. The number of nitrogens with one attached hydrogen (secondary N) is 2. The van der Waals surface area contributed by atoms with Crippen LogP contribution in [-0.2, 0) is 13.1 Å². The van der Waals surface area contributed by atoms with E-state index >= 15 is 0 Å². The molecule has 0 bridgehead atoms. The number of hydrogen-bond donors (Lipinski definition) is 2. The number of rotatable bonds is 8. The van der Waals surface area contributed by atoms with Gasteiger partial charge in [0.15, 0.2) is 0 Å². The molecule has 3 heterocycles. The fourth-order valence-corrected chi connectivity index (χ4v) is 3.40. The second-order valence-corrected chi connectivity index (χ2v) is 8.04. The van der Waals surface area contributed by atoms with Crippen LogP contribution in [0.15, 0.2) is 46.2 Å². The summed E-state index contributed by atoms with van der Waals surface area (Å²) in [5.74, 6) is -1.42. The molecule has 0 saturated heterocycles. The molecular formula is C22H22Cl2N6O4. The Bertz CT molecular complexity index is 1320. The number of amides is 2. The van der Waals surface area contributed by atoms with Gasteiger partial charge >= 0.3 is 5.69 Å². The van der Waals surface area contributed by atoms with Crippen LogP contribution in [0.4, 0.5) is 11.5 Å². The molecule has 0 aliphatic heterocycles. The first-order chi connectivity index (χ1) is 16.3. The second-order valence-electron chi connectivity index (χ2n) is 7.26. The molecule has 3 rings (SSSR count). The van der Waals surface area contributed by atoms with Crippen molar-refractivity contribution in [3.8, 4) is 0 Å². The molecule has 178 valence electrons. The zero-order chi connectivity index (χ0) is 24.8. The van der Waals surface area contributed by atoms with Crippen LogP contribution in [0.5, 0.6) is 0 Å². The van der Waals surface area contributed by atoms with E-state index in [1.54, 1.807) is 0 Å². The topological polar surface area (TPSA) is 128 Å². The fourth-order valence-electron chi connectivity index (χ4n) is 3.18. The summed E-state index contributed by atoms with van der Waals surface area (Å²) in [6, 6.07) is 5.75. The Balaban J connectivity index is 2.15. The lowest BCUT2D eigenvalue weighted by Gasteiger charge is -2.20. The third-order valence-electron chi connectivity index (χ3n) is 4.77. The number of anilines is 2. The van der Waals surface area contributed by atoms with Crippen LogP contribution in [0.1, 0.15) is 47.4 Å². The van der Waals surface area contributed by atoms with E-state index in [0.717, 1.165) is 4.57 Å². The van der Waals surface area contributed by atoms with E-state index in [1.807, 2.05) is 13.8 Å². The number of aromatic nitrogens is 4. The monoisotopic (exact) mass is 504 g/mol. The molecule has 2 N–H and O–H groups in total. The van der Waals surface area contributed by atoms with Crippen LogP contribution < -0.4 is 21.9 Å². The Hall–Kier alpha value is -3.50. The average molecular weight is 505 g/mol. The molecule has 0 unspecified atom stereocenters. The summed E-state index contributed by atoms with van der Waals surface area (Å²) in [6.45, 7) is 4.00. The number of halogens is 2. The van der Waals surface area contributed by atoms with Gasteiger partial charge in [-0.2, -0.15) is 0 Å². The van der Waals surface area contributed by atoms with Crippen molar-refractivity contribution < 1.29 is 9.59 Å². The summed E-state index contributed by atoms with van der Waals surface area (Å²) in [4.78, 5) is 59.9. The average Bonchev–Trinajstić information content (AvgIpc) is 2.82. The minimum atomic E-state index is -0.737. The van der Waals surface area contributed by atoms with Crippen LogP contribution >= 0.6 is 23.2 Å². The molecule has 3 aromatic heterocycles. The molecule has 0 aromatic carbocycles. The highest BCUT2D eigenvalue weighted by Gasteiger charge is 2.23. The van der Waals surface area contributed by atoms with E-state index in [-0.39, 0.29) is 46.0 Å². The van der Waals surface area contributed by atoms with E-state index in [1.165, 1.54) is 41.2 Å². The number of nitrogens with zero attached hydrogens (tertiary/aromatic N) is 4. The predicted octanol–water partition coefficient (Wildman–Crippen LogP) is 3.43. The van der Waals surface area contributed by atoms with E-state index < -0.39 is 23.1 Å². The van der Waals surface area contributed by atoms with Crippen molar-refractivity contribution >= 4 is 46.5 Å². The third kappa shape index (κ3) is 5.52. The van der Waals surface area contributed by atoms with Crippen molar-refractivity contribution in [3.05, 3.63) is 78.9 Å². The maximum Gasteiger partial charge on any atom is 0.332 e. The zero-order valence-corrected chi connectivity index (χ0v) is 20.0. The molecule has 0 fully saturated rings. The summed E-state index contributed by atoms with van der Waals surface area (Å²) in [5, 5.41) is 5.53. The molecule has 0 spiro atoms. The summed E-state index contributed by atoms with van der Waals surface area (Å²) < 4.78 is 2.29. The molecular weight excluding hydrogens is 483 g/mol. The minimum Gasteiger partial charge on any atom is -0.314 e. The predicted molar refractivity (Wildman–Crippen MR) is 130 cm³/mol. The largest absolute Gasteiger partial charge is 0.332 e. The fraction of sp³-hybridized carbons (Fsp3) is 0.273. The number of carbonyl (C=O) groups excluding carboxylic acids is 2. The Kier molecular flexibility index (Phi) is 8.19. The quantitative estimate of drug-likeness (QED) is 0.452. The molecule has 3 aromatic rings. The van der Waals surface area contributed by atoms with Crippen molar-refractivity contribution in [2.75, 3.05) is 10.6 Å².